The molecule has 29 heavy (non-hydrogen) atoms. The third-order valence-electron chi connectivity index (χ3n) is 4.61. The highest BCUT2D eigenvalue weighted by Crippen LogP contribution is 2.20. The molecule has 0 aliphatic heterocycles. The summed E-state index contributed by atoms with van der Waals surface area (Å²) in [4.78, 5) is 14.4. The SMILES string of the molecule is COCCN(Cc1ccco1)C(=O)/C=C/c1c(C)nn(-c2ccc(F)cc2)c1C. The lowest BCUT2D eigenvalue weighted by molar-refractivity contribution is -0.127. The molecule has 7 heteroatoms. The van der Waals surface area contributed by atoms with Crippen molar-refractivity contribution in [2.75, 3.05) is 20.3 Å². The number of carbonyl (C=O) groups excluding carboxylic acids is 1. The van der Waals surface area contributed by atoms with Crippen LogP contribution < -0.4 is 0 Å². The van der Waals surface area contributed by atoms with Crippen LogP contribution >= 0.6 is 0 Å². The van der Waals surface area contributed by atoms with Gasteiger partial charge in [-0.25, -0.2) is 9.07 Å². The summed E-state index contributed by atoms with van der Waals surface area (Å²) in [5.41, 5.74) is 3.27. The van der Waals surface area contributed by atoms with Gasteiger partial charge in [0.15, 0.2) is 0 Å². The van der Waals surface area contributed by atoms with E-state index < -0.39 is 0 Å². The number of halogens is 1. The molecule has 2 aromatic heterocycles. The Morgan fingerprint density at radius 1 is 1.28 bits per heavy atom. The predicted molar refractivity (Wildman–Crippen MR) is 108 cm³/mol. The van der Waals surface area contributed by atoms with Gasteiger partial charge in [0.2, 0.25) is 5.91 Å². The number of hydrogen-bond acceptors (Lipinski definition) is 4. The van der Waals surface area contributed by atoms with Gasteiger partial charge in [-0.2, -0.15) is 5.10 Å². The molecule has 0 saturated carbocycles. The van der Waals surface area contributed by atoms with E-state index in [1.165, 1.54) is 18.2 Å². The number of amides is 1. The molecule has 0 aliphatic rings. The first kappa shape index (κ1) is 20.5. The minimum Gasteiger partial charge on any atom is -0.467 e. The second-order valence-corrected chi connectivity index (χ2v) is 6.64. The van der Waals surface area contributed by atoms with E-state index >= 15 is 0 Å². The number of nitrogens with zero attached hydrogens (tertiary/aromatic N) is 3. The number of aromatic nitrogens is 2. The van der Waals surface area contributed by atoms with Gasteiger partial charge in [0.25, 0.3) is 0 Å². The molecule has 0 radical (unpaired) electrons. The third-order valence-corrected chi connectivity index (χ3v) is 4.61. The maximum atomic E-state index is 13.2. The van der Waals surface area contributed by atoms with Gasteiger partial charge in [0.1, 0.15) is 11.6 Å². The van der Waals surface area contributed by atoms with E-state index in [9.17, 15) is 9.18 Å². The third kappa shape index (κ3) is 5.00. The standard InChI is InChI=1S/C22H24FN3O3/c1-16-21(17(2)26(24-16)19-8-6-18(23)7-9-19)10-11-22(27)25(12-14-28-3)15-20-5-4-13-29-20/h4-11,13H,12,14-15H2,1-3H3/b11-10+. The summed E-state index contributed by atoms with van der Waals surface area (Å²) in [6, 6.07) is 9.76. The molecule has 152 valence electrons. The number of aryl methyl sites for hydroxylation is 1. The number of rotatable bonds is 8. The van der Waals surface area contributed by atoms with E-state index in [-0.39, 0.29) is 11.7 Å². The van der Waals surface area contributed by atoms with Crippen LogP contribution in [0.15, 0.2) is 53.2 Å². The molecule has 1 amide bonds. The Bertz CT molecular complexity index is 976. The first-order valence-corrected chi connectivity index (χ1v) is 9.30. The van der Waals surface area contributed by atoms with E-state index in [0.29, 0.717) is 25.5 Å². The fraction of sp³-hybridized carbons (Fsp3) is 0.273. The molecule has 2 heterocycles. The number of carbonyl (C=O) groups is 1. The van der Waals surface area contributed by atoms with Crippen LogP contribution in [-0.2, 0) is 16.1 Å². The molecule has 0 bridgehead atoms. The lowest BCUT2D eigenvalue weighted by atomic mass is 10.1. The number of methoxy groups -OCH3 is 1. The quantitative estimate of drug-likeness (QED) is 0.541. The van der Waals surface area contributed by atoms with E-state index in [2.05, 4.69) is 5.10 Å². The van der Waals surface area contributed by atoms with Gasteiger partial charge < -0.3 is 14.1 Å². The average Bonchev–Trinajstić information content (AvgIpc) is 3.32. The van der Waals surface area contributed by atoms with Crippen molar-refractivity contribution in [1.29, 1.82) is 0 Å². The van der Waals surface area contributed by atoms with Crippen LogP contribution in [-0.4, -0.2) is 40.8 Å². The summed E-state index contributed by atoms with van der Waals surface area (Å²) < 4.78 is 25.4. The Hall–Kier alpha value is -3.19. The van der Waals surface area contributed by atoms with Gasteiger partial charge in [0, 0.05) is 31.0 Å². The van der Waals surface area contributed by atoms with Gasteiger partial charge in [-0.1, -0.05) is 0 Å². The number of furan rings is 1. The van der Waals surface area contributed by atoms with Crippen LogP contribution in [0.2, 0.25) is 0 Å². The highest BCUT2D eigenvalue weighted by molar-refractivity contribution is 5.92. The monoisotopic (exact) mass is 397 g/mol. The summed E-state index contributed by atoms with van der Waals surface area (Å²) in [6.07, 6.45) is 4.88. The molecular weight excluding hydrogens is 373 g/mol. The van der Waals surface area contributed by atoms with Gasteiger partial charge in [-0.3, -0.25) is 4.79 Å². The first-order valence-electron chi connectivity index (χ1n) is 9.30. The van der Waals surface area contributed by atoms with Gasteiger partial charge in [-0.15, -0.1) is 0 Å². The molecule has 3 rings (SSSR count). The second-order valence-electron chi connectivity index (χ2n) is 6.64. The Balaban J connectivity index is 1.80. The maximum absolute atomic E-state index is 13.2. The van der Waals surface area contributed by atoms with Crippen molar-refractivity contribution < 1.29 is 18.3 Å². The lowest BCUT2D eigenvalue weighted by Gasteiger charge is -2.19. The van der Waals surface area contributed by atoms with E-state index in [0.717, 1.165) is 22.6 Å². The number of benzene rings is 1. The molecule has 1 aromatic carbocycles. The van der Waals surface area contributed by atoms with Crippen LogP contribution in [0.1, 0.15) is 22.7 Å². The predicted octanol–water partition coefficient (Wildman–Crippen LogP) is 3.91. The molecule has 0 aliphatic carbocycles. The minimum atomic E-state index is -0.297. The summed E-state index contributed by atoms with van der Waals surface area (Å²) in [6.45, 7) is 5.04. The molecule has 0 spiro atoms. The fourth-order valence-corrected chi connectivity index (χ4v) is 3.05. The summed E-state index contributed by atoms with van der Waals surface area (Å²) >= 11 is 0. The Kier molecular flexibility index (Phi) is 6.61. The molecular formula is C22H24FN3O3. The molecule has 0 N–H and O–H groups in total. The molecule has 0 unspecified atom stereocenters. The largest absolute Gasteiger partial charge is 0.467 e. The normalized spacial score (nSPS) is 11.3. The average molecular weight is 397 g/mol. The van der Waals surface area contributed by atoms with E-state index in [1.54, 1.807) is 47.2 Å². The summed E-state index contributed by atoms with van der Waals surface area (Å²) in [5.74, 6) is 0.264. The van der Waals surface area contributed by atoms with E-state index in [4.69, 9.17) is 9.15 Å². The van der Waals surface area contributed by atoms with Crippen molar-refractivity contribution in [2.45, 2.75) is 20.4 Å². The minimum absolute atomic E-state index is 0.146. The van der Waals surface area contributed by atoms with Gasteiger partial charge in [-0.05, 0) is 56.3 Å². The maximum Gasteiger partial charge on any atom is 0.247 e. The molecule has 6 nitrogen and oxygen atoms in total. The molecule has 0 atom stereocenters. The summed E-state index contributed by atoms with van der Waals surface area (Å²) in [7, 11) is 1.60. The molecule has 3 aromatic rings. The van der Waals surface area contributed by atoms with Crippen LogP contribution in [0.4, 0.5) is 4.39 Å². The Morgan fingerprint density at radius 3 is 2.69 bits per heavy atom. The van der Waals surface area contributed by atoms with Crippen molar-refractivity contribution >= 4 is 12.0 Å². The zero-order chi connectivity index (χ0) is 20.8. The van der Waals surface area contributed by atoms with Crippen molar-refractivity contribution in [2.24, 2.45) is 0 Å². The van der Waals surface area contributed by atoms with Gasteiger partial charge in [0.05, 0.1) is 30.8 Å². The summed E-state index contributed by atoms with van der Waals surface area (Å²) in [5, 5.41) is 4.53. The highest BCUT2D eigenvalue weighted by Gasteiger charge is 2.15. The Morgan fingerprint density at radius 2 is 2.03 bits per heavy atom. The van der Waals surface area contributed by atoms with Crippen LogP contribution in [0.25, 0.3) is 11.8 Å². The first-order chi connectivity index (χ1) is 14.0. The smallest absolute Gasteiger partial charge is 0.247 e. The lowest BCUT2D eigenvalue weighted by Crippen LogP contribution is -2.32. The van der Waals surface area contributed by atoms with Crippen molar-refractivity contribution in [3.05, 3.63) is 77.3 Å². The molecule has 0 fully saturated rings. The number of hydrogen-bond donors (Lipinski definition) is 0. The zero-order valence-corrected chi connectivity index (χ0v) is 16.8. The van der Waals surface area contributed by atoms with Crippen LogP contribution in [0, 0.1) is 19.7 Å². The van der Waals surface area contributed by atoms with Crippen molar-refractivity contribution in [3.8, 4) is 5.69 Å². The van der Waals surface area contributed by atoms with Crippen LogP contribution in [0.3, 0.4) is 0 Å². The molecule has 0 saturated heterocycles. The Labute approximate surface area is 169 Å². The van der Waals surface area contributed by atoms with Gasteiger partial charge >= 0.3 is 0 Å². The van der Waals surface area contributed by atoms with Crippen LogP contribution in [0.5, 0.6) is 0 Å². The number of ether oxygens (including phenoxy) is 1. The zero-order valence-electron chi connectivity index (χ0n) is 16.8. The fourth-order valence-electron chi connectivity index (χ4n) is 3.05. The topological polar surface area (TPSA) is 60.5 Å². The second kappa shape index (κ2) is 9.34. The van der Waals surface area contributed by atoms with E-state index in [1.807, 2.05) is 19.9 Å². The van der Waals surface area contributed by atoms with Crippen molar-refractivity contribution in [1.82, 2.24) is 14.7 Å². The van der Waals surface area contributed by atoms with Crippen molar-refractivity contribution in [3.63, 3.8) is 0 Å². The highest BCUT2D eigenvalue weighted by atomic mass is 19.1.